The third kappa shape index (κ3) is 2.53. The molecule has 2 aliphatic heterocycles. The summed E-state index contributed by atoms with van der Waals surface area (Å²) in [6.45, 7) is 3.59. The zero-order valence-corrected chi connectivity index (χ0v) is 14.4. The van der Waals surface area contributed by atoms with E-state index < -0.39 is 17.8 Å². The van der Waals surface area contributed by atoms with Crippen LogP contribution < -0.4 is 0 Å². The summed E-state index contributed by atoms with van der Waals surface area (Å²) in [7, 11) is 1.26. The van der Waals surface area contributed by atoms with E-state index in [-0.39, 0.29) is 22.3 Å². The van der Waals surface area contributed by atoms with Crippen LogP contribution in [-0.4, -0.2) is 34.3 Å². The molecular formula is C17H17FN2O3S. The smallest absolute Gasteiger partial charge is 0.338 e. The maximum Gasteiger partial charge on any atom is 0.338 e. The van der Waals surface area contributed by atoms with Crippen molar-refractivity contribution < 1.29 is 18.7 Å². The third-order valence-corrected chi connectivity index (χ3v) is 5.45. The molecule has 2 aliphatic rings. The highest BCUT2D eigenvalue weighted by Crippen LogP contribution is 2.44. The van der Waals surface area contributed by atoms with Crippen LogP contribution >= 0.6 is 11.8 Å². The number of thioether (sulfide) groups is 1. The van der Waals surface area contributed by atoms with Crippen LogP contribution in [0, 0.1) is 5.82 Å². The maximum atomic E-state index is 14.4. The second-order valence-corrected chi connectivity index (χ2v) is 6.70. The number of benzene rings is 1. The van der Waals surface area contributed by atoms with Gasteiger partial charge in [0.15, 0.2) is 5.17 Å². The molecule has 24 heavy (non-hydrogen) atoms. The number of carbonyl (C=O) groups excluding carboxylic acids is 2. The highest BCUT2D eigenvalue weighted by Gasteiger charge is 2.47. The van der Waals surface area contributed by atoms with E-state index in [1.54, 1.807) is 25.1 Å². The number of rotatable bonds is 3. The summed E-state index contributed by atoms with van der Waals surface area (Å²) in [5.41, 5.74) is 0.894. The van der Waals surface area contributed by atoms with Crippen LogP contribution in [0.1, 0.15) is 31.9 Å². The van der Waals surface area contributed by atoms with E-state index in [1.165, 1.54) is 29.8 Å². The molecule has 0 N–H and O–H groups in total. The monoisotopic (exact) mass is 348 g/mol. The van der Waals surface area contributed by atoms with Crippen molar-refractivity contribution in [1.29, 1.82) is 0 Å². The molecule has 1 aromatic carbocycles. The lowest BCUT2D eigenvalue weighted by Crippen LogP contribution is -2.41. The Labute approximate surface area is 143 Å². The summed E-state index contributed by atoms with van der Waals surface area (Å²) in [5, 5.41) is 0.230. The van der Waals surface area contributed by atoms with E-state index in [0.717, 1.165) is 0 Å². The number of methoxy groups -OCH3 is 1. The van der Waals surface area contributed by atoms with Gasteiger partial charge in [0.2, 0.25) is 5.91 Å². The Kier molecular flexibility index (Phi) is 4.45. The number of carbonyl (C=O) groups is 2. The van der Waals surface area contributed by atoms with Crippen LogP contribution in [-0.2, 0) is 14.3 Å². The zero-order chi connectivity index (χ0) is 17.4. The number of esters is 1. The minimum atomic E-state index is -0.859. The number of aliphatic imine (C=N–C) groups is 1. The first-order chi connectivity index (χ1) is 11.5. The average molecular weight is 348 g/mol. The molecule has 0 bridgehead atoms. The molecule has 3 rings (SSSR count). The van der Waals surface area contributed by atoms with Crippen LogP contribution in [0.4, 0.5) is 4.39 Å². The Hall–Kier alpha value is -2.15. The average Bonchev–Trinajstić information content (AvgIpc) is 2.89. The molecule has 0 unspecified atom stereocenters. The molecule has 7 heteroatoms. The van der Waals surface area contributed by atoms with Crippen molar-refractivity contribution in [3.05, 3.63) is 46.9 Å². The van der Waals surface area contributed by atoms with Gasteiger partial charge in [0, 0.05) is 5.56 Å². The number of halogens is 1. The fourth-order valence-corrected chi connectivity index (χ4v) is 4.09. The molecule has 1 saturated heterocycles. The van der Waals surface area contributed by atoms with Crippen molar-refractivity contribution in [1.82, 2.24) is 4.90 Å². The summed E-state index contributed by atoms with van der Waals surface area (Å²) in [5.74, 6) is -1.25. The molecule has 0 spiro atoms. The number of nitrogens with zero attached hydrogens (tertiary/aromatic N) is 2. The molecule has 126 valence electrons. The molecule has 2 atom stereocenters. The number of allylic oxidation sites excluding steroid dienone is 1. The van der Waals surface area contributed by atoms with Crippen molar-refractivity contribution in [3.8, 4) is 0 Å². The van der Waals surface area contributed by atoms with Gasteiger partial charge in [-0.15, -0.1) is 0 Å². The molecule has 0 aromatic heterocycles. The number of amidine groups is 1. The zero-order valence-electron chi connectivity index (χ0n) is 13.6. The quantitative estimate of drug-likeness (QED) is 0.788. The van der Waals surface area contributed by atoms with Crippen molar-refractivity contribution in [2.45, 2.75) is 31.6 Å². The van der Waals surface area contributed by atoms with Crippen LogP contribution in [0.5, 0.6) is 0 Å². The molecule has 2 heterocycles. The lowest BCUT2D eigenvalue weighted by Gasteiger charge is -2.33. The SMILES string of the molecule is CC[C@@H]1SC2=NC(C)=C(C(=O)OC)[C@H](c3ccccc3F)N2C1=O. The second kappa shape index (κ2) is 6.39. The third-order valence-electron chi connectivity index (χ3n) is 4.13. The Morgan fingerprint density at radius 2 is 2.12 bits per heavy atom. The van der Waals surface area contributed by atoms with E-state index in [4.69, 9.17) is 4.74 Å². The van der Waals surface area contributed by atoms with Crippen molar-refractivity contribution in [3.63, 3.8) is 0 Å². The van der Waals surface area contributed by atoms with Crippen LogP contribution in [0.3, 0.4) is 0 Å². The molecule has 0 saturated carbocycles. The van der Waals surface area contributed by atoms with Crippen molar-refractivity contribution >= 4 is 28.8 Å². The number of fused-ring (bicyclic) bond motifs is 1. The highest BCUT2D eigenvalue weighted by molar-refractivity contribution is 8.15. The van der Waals surface area contributed by atoms with Gasteiger partial charge in [0.05, 0.1) is 23.6 Å². The van der Waals surface area contributed by atoms with Gasteiger partial charge in [0.1, 0.15) is 11.9 Å². The van der Waals surface area contributed by atoms with Gasteiger partial charge in [-0.05, 0) is 19.4 Å². The van der Waals surface area contributed by atoms with Gasteiger partial charge in [-0.3, -0.25) is 9.69 Å². The fourth-order valence-electron chi connectivity index (χ4n) is 2.95. The number of ether oxygens (including phenoxy) is 1. The molecule has 0 aliphatic carbocycles. The van der Waals surface area contributed by atoms with Gasteiger partial charge < -0.3 is 4.74 Å². The van der Waals surface area contributed by atoms with E-state index in [2.05, 4.69) is 4.99 Å². The van der Waals surface area contributed by atoms with Gasteiger partial charge >= 0.3 is 5.97 Å². The minimum Gasteiger partial charge on any atom is -0.466 e. The van der Waals surface area contributed by atoms with Crippen LogP contribution in [0.15, 0.2) is 40.5 Å². The normalized spacial score (nSPS) is 23.2. The van der Waals surface area contributed by atoms with Gasteiger partial charge in [-0.25, -0.2) is 14.2 Å². The predicted octanol–water partition coefficient (Wildman–Crippen LogP) is 3.04. The summed E-state index contributed by atoms with van der Waals surface area (Å²) in [4.78, 5) is 30.9. The van der Waals surface area contributed by atoms with Crippen LogP contribution in [0.2, 0.25) is 0 Å². The number of hydrogen-bond donors (Lipinski definition) is 0. The van der Waals surface area contributed by atoms with E-state index in [0.29, 0.717) is 17.3 Å². The Morgan fingerprint density at radius 1 is 1.42 bits per heavy atom. The summed E-state index contributed by atoms with van der Waals surface area (Å²) in [6.07, 6.45) is 0.635. The molecular weight excluding hydrogens is 331 g/mol. The maximum absolute atomic E-state index is 14.4. The summed E-state index contributed by atoms with van der Waals surface area (Å²) < 4.78 is 19.3. The first-order valence-corrected chi connectivity index (χ1v) is 8.49. The molecule has 1 fully saturated rings. The number of amides is 1. The largest absolute Gasteiger partial charge is 0.466 e. The second-order valence-electron chi connectivity index (χ2n) is 5.53. The summed E-state index contributed by atoms with van der Waals surface area (Å²) in [6, 6.07) is 5.29. The van der Waals surface area contributed by atoms with E-state index in [1.807, 2.05) is 6.92 Å². The van der Waals surface area contributed by atoms with Gasteiger partial charge in [-0.1, -0.05) is 36.9 Å². The first-order valence-electron chi connectivity index (χ1n) is 7.61. The van der Waals surface area contributed by atoms with E-state index in [9.17, 15) is 14.0 Å². The number of hydrogen-bond acceptors (Lipinski definition) is 5. The van der Waals surface area contributed by atoms with Gasteiger partial charge in [-0.2, -0.15) is 0 Å². The molecule has 0 radical (unpaired) electrons. The topological polar surface area (TPSA) is 59.0 Å². The minimum absolute atomic E-state index is 0.164. The Bertz CT molecular complexity index is 775. The molecule has 1 amide bonds. The molecule has 5 nitrogen and oxygen atoms in total. The van der Waals surface area contributed by atoms with Gasteiger partial charge in [0.25, 0.3) is 0 Å². The van der Waals surface area contributed by atoms with Crippen molar-refractivity contribution in [2.24, 2.45) is 4.99 Å². The highest BCUT2D eigenvalue weighted by atomic mass is 32.2. The predicted molar refractivity (Wildman–Crippen MR) is 89.8 cm³/mol. The summed E-state index contributed by atoms with van der Waals surface area (Å²) >= 11 is 1.35. The first kappa shape index (κ1) is 16.7. The molecule has 1 aromatic rings. The van der Waals surface area contributed by atoms with Crippen molar-refractivity contribution in [2.75, 3.05) is 7.11 Å². The Morgan fingerprint density at radius 3 is 2.75 bits per heavy atom. The lowest BCUT2D eigenvalue weighted by molar-refractivity contribution is -0.137. The standard InChI is InChI=1S/C17H17FN2O3S/c1-4-12-15(21)20-14(10-7-5-6-8-11(10)18)13(16(22)23-3)9(2)19-17(20)24-12/h5-8,12,14H,4H2,1-3H3/t12-,14-/m0/s1. The fraction of sp³-hybridized carbons (Fsp3) is 0.353. The van der Waals surface area contributed by atoms with E-state index >= 15 is 0 Å². The van der Waals surface area contributed by atoms with Crippen LogP contribution in [0.25, 0.3) is 0 Å². The lowest BCUT2D eigenvalue weighted by atomic mass is 9.94. The Balaban J connectivity index is 2.20.